The van der Waals surface area contributed by atoms with Gasteiger partial charge in [0.25, 0.3) is 0 Å². The van der Waals surface area contributed by atoms with E-state index in [0.29, 0.717) is 19.4 Å². The SMILES string of the molecule is CC(=O)C[C@@H](C)C(=O)CCC(C)(C)C(=O)CN1CCC[C@H]1C(N)=O. The first-order valence-electron chi connectivity index (χ1n) is 8.63. The minimum atomic E-state index is -0.642. The van der Waals surface area contributed by atoms with Crippen LogP contribution in [0.2, 0.25) is 0 Å². The number of carbonyl (C=O) groups is 4. The average Bonchev–Trinajstić information content (AvgIpc) is 2.92. The largest absolute Gasteiger partial charge is 0.368 e. The van der Waals surface area contributed by atoms with Gasteiger partial charge in [-0.3, -0.25) is 19.3 Å². The van der Waals surface area contributed by atoms with Gasteiger partial charge in [-0.15, -0.1) is 0 Å². The summed E-state index contributed by atoms with van der Waals surface area (Å²) in [5.41, 5.74) is 4.74. The fourth-order valence-electron chi connectivity index (χ4n) is 3.10. The molecule has 0 radical (unpaired) electrons. The topological polar surface area (TPSA) is 97.5 Å². The van der Waals surface area contributed by atoms with Crippen LogP contribution < -0.4 is 5.73 Å². The zero-order valence-electron chi connectivity index (χ0n) is 15.3. The van der Waals surface area contributed by atoms with Crippen molar-refractivity contribution >= 4 is 23.3 Å². The summed E-state index contributed by atoms with van der Waals surface area (Å²) >= 11 is 0. The summed E-state index contributed by atoms with van der Waals surface area (Å²) in [6.45, 7) is 7.77. The van der Waals surface area contributed by atoms with Gasteiger partial charge in [-0.2, -0.15) is 0 Å². The predicted octanol–water partition coefficient (Wildman–Crippen LogP) is 1.50. The van der Waals surface area contributed by atoms with Crippen molar-refractivity contribution < 1.29 is 19.2 Å². The Labute approximate surface area is 144 Å². The molecule has 1 aliphatic rings. The van der Waals surface area contributed by atoms with Crippen LogP contribution in [0.3, 0.4) is 0 Å². The molecule has 0 aromatic rings. The third-order valence-electron chi connectivity index (χ3n) is 4.93. The molecule has 2 N–H and O–H groups in total. The third-order valence-corrected chi connectivity index (χ3v) is 4.93. The molecule has 1 rings (SSSR count). The summed E-state index contributed by atoms with van der Waals surface area (Å²) in [6.07, 6.45) is 2.54. The Bertz CT molecular complexity index is 513. The van der Waals surface area contributed by atoms with Crippen molar-refractivity contribution in [1.29, 1.82) is 0 Å². The summed E-state index contributed by atoms with van der Waals surface area (Å²) in [4.78, 5) is 49.0. The number of nitrogens with zero attached hydrogens (tertiary/aromatic N) is 1. The van der Waals surface area contributed by atoms with Crippen LogP contribution in [0.5, 0.6) is 0 Å². The molecule has 1 fully saturated rings. The lowest BCUT2D eigenvalue weighted by Gasteiger charge is -2.28. The fourth-order valence-corrected chi connectivity index (χ4v) is 3.10. The Hall–Kier alpha value is -1.56. The lowest BCUT2D eigenvalue weighted by atomic mass is 9.81. The van der Waals surface area contributed by atoms with E-state index < -0.39 is 5.41 Å². The van der Waals surface area contributed by atoms with Crippen molar-refractivity contribution in [3.63, 3.8) is 0 Å². The zero-order chi connectivity index (χ0) is 18.5. The first-order chi connectivity index (χ1) is 11.0. The summed E-state index contributed by atoms with van der Waals surface area (Å²) in [7, 11) is 0. The summed E-state index contributed by atoms with van der Waals surface area (Å²) in [5, 5.41) is 0. The number of ketones is 3. The molecule has 0 aliphatic carbocycles. The van der Waals surface area contributed by atoms with E-state index in [0.717, 1.165) is 6.42 Å². The lowest BCUT2D eigenvalue weighted by molar-refractivity contribution is -0.131. The van der Waals surface area contributed by atoms with Crippen LogP contribution in [0.25, 0.3) is 0 Å². The van der Waals surface area contributed by atoms with E-state index in [9.17, 15) is 19.2 Å². The first-order valence-corrected chi connectivity index (χ1v) is 8.63. The highest BCUT2D eigenvalue weighted by Gasteiger charge is 2.35. The van der Waals surface area contributed by atoms with Crippen LogP contribution in [0.1, 0.15) is 59.8 Å². The molecule has 2 atom stereocenters. The monoisotopic (exact) mass is 338 g/mol. The van der Waals surface area contributed by atoms with Crippen LogP contribution in [-0.4, -0.2) is 47.3 Å². The predicted molar refractivity (Wildman–Crippen MR) is 91.3 cm³/mol. The highest BCUT2D eigenvalue weighted by atomic mass is 16.2. The minimum Gasteiger partial charge on any atom is -0.368 e. The van der Waals surface area contributed by atoms with Gasteiger partial charge in [-0.25, -0.2) is 0 Å². The second-order valence-electron chi connectivity index (χ2n) is 7.61. The van der Waals surface area contributed by atoms with Crippen molar-refractivity contribution in [2.75, 3.05) is 13.1 Å². The number of likely N-dealkylation sites (tertiary alicyclic amines) is 1. The Morgan fingerprint density at radius 1 is 1.25 bits per heavy atom. The maximum atomic E-state index is 12.6. The molecule has 1 aliphatic heterocycles. The zero-order valence-corrected chi connectivity index (χ0v) is 15.3. The number of primary amides is 1. The second-order valence-corrected chi connectivity index (χ2v) is 7.61. The van der Waals surface area contributed by atoms with E-state index in [1.54, 1.807) is 6.92 Å². The summed E-state index contributed by atoms with van der Waals surface area (Å²) in [6, 6.07) is -0.359. The number of hydrogen-bond donors (Lipinski definition) is 1. The van der Waals surface area contributed by atoms with Gasteiger partial charge in [0.2, 0.25) is 5.91 Å². The number of carbonyl (C=O) groups excluding carboxylic acids is 4. The molecule has 1 amide bonds. The molecule has 0 bridgehead atoms. The maximum Gasteiger partial charge on any atom is 0.234 e. The first kappa shape index (κ1) is 20.5. The van der Waals surface area contributed by atoms with Crippen molar-refractivity contribution in [3.05, 3.63) is 0 Å². The van der Waals surface area contributed by atoms with E-state index in [1.165, 1.54) is 6.92 Å². The Balaban J connectivity index is 2.54. The van der Waals surface area contributed by atoms with Crippen LogP contribution in [-0.2, 0) is 19.2 Å². The third kappa shape index (κ3) is 5.82. The highest BCUT2D eigenvalue weighted by Crippen LogP contribution is 2.27. The van der Waals surface area contributed by atoms with Gasteiger partial charge < -0.3 is 10.5 Å². The van der Waals surface area contributed by atoms with E-state index in [4.69, 9.17) is 5.73 Å². The molecule has 6 nitrogen and oxygen atoms in total. The molecule has 0 unspecified atom stereocenters. The molecular weight excluding hydrogens is 308 g/mol. The van der Waals surface area contributed by atoms with Gasteiger partial charge in [0, 0.05) is 24.2 Å². The van der Waals surface area contributed by atoms with Crippen LogP contribution in [0, 0.1) is 11.3 Å². The van der Waals surface area contributed by atoms with Crippen LogP contribution >= 0.6 is 0 Å². The van der Waals surface area contributed by atoms with Gasteiger partial charge in [-0.05, 0) is 32.7 Å². The minimum absolute atomic E-state index is 0.00212. The van der Waals surface area contributed by atoms with Gasteiger partial charge in [-0.1, -0.05) is 20.8 Å². The second kappa shape index (κ2) is 8.51. The quantitative estimate of drug-likeness (QED) is 0.651. The van der Waals surface area contributed by atoms with Crippen LogP contribution in [0.4, 0.5) is 0 Å². The number of nitrogens with two attached hydrogens (primary N) is 1. The maximum absolute atomic E-state index is 12.6. The van der Waals surface area contributed by atoms with Gasteiger partial charge in [0.1, 0.15) is 11.6 Å². The van der Waals surface area contributed by atoms with E-state index in [2.05, 4.69) is 0 Å². The Kier molecular flexibility index (Phi) is 7.27. The molecular formula is C18H30N2O4. The Morgan fingerprint density at radius 3 is 2.42 bits per heavy atom. The van der Waals surface area contributed by atoms with E-state index >= 15 is 0 Å². The smallest absolute Gasteiger partial charge is 0.234 e. The number of Topliss-reactive ketones (excluding diaryl/α,β-unsaturated/α-hetero) is 3. The standard InChI is InChI=1S/C18H30N2O4/c1-12(10-13(2)21)15(22)7-8-18(3,4)16(23)11-20-9-5-6-14(20)17(19)24/h12,14H,5-11H2,1-4H3,(H2,19,24)/t12-,14+/m1/s1. The van der Waals surface area contributed by atoms with Gasteiger partial charge in [0.05, 0.1) is 12.6 Å². The van der Waals surface area contributed by atoms with Gasteiger partial charge >= 0.3 is 0 Å². The molecule has 6 heteroatoms. The number of hydrogen-bond acceptors (Lipinski definition) is 5. The van der Waals surface area contributed by atoms with E-state index in [-0.39, 0.29) is 54.6 Å². The highest BCUT2D eigenvalue weighted by molar-refractivity contribution is 5.89. The lowest BCUT2D eigenvalue weighted by Crippen LogP contribution is -2.45. The van der Waals surface area contributed by atoms with Crippen molar-refractivity contribution in [2.45, 2.75) is 65.8 Å². The van der Waals surface area contributed by atoms with Crippen molar-refractivity contribution in [2.24, 2.45) is 17.1 Å². The van der Waals surface area contributed by atoms with Gasteiger partial charge in [0.15, 0.2) is 5.78 Å². The van der Waals surface area contributed by atoms with Crippen molar-refractivity contribution in [1.82, 2.24) is 4.90 Å². The van der Waals surface area contributed by atoms with Crippen LogP contribution in [0.15, 0.2) is 0 Å². The number of amides is 1. The summed E-state index contributed by atoms with van der Waals surface area (Å²) in [5.74, 6) is -0.653. The molecule has 1 heterocycles. The fraction of sp³-hybridized carbons (Fsp3) is 0.778. The Morgan fingerprint density at radius 2 is 1.88 bits per heavy atom. The molecule has 0 aromatic heterocycles. The molecule has 0 spiro atoms. The number of rotatable bonds is 10. The summed E-state index contributed by atoms with van der Waals surface area (Å²) < 4.78 is 0. The van der Waals surface area contributed by atoms with E-state index in [1.807, 2.05) is 18.7 Å². The molecule has 1 saturated heterocycles. The molecule has 0 saturated carbocycles. The normalized spacial score (nSPS) is 19.9. The average molecular weight is 338 g/mol. The van der Waals surface area contributed by atoms with Crippen molar-refractivity contribution in [3.8, 4) is 0 Å². The molecule has 0 aromatic carbocycles. The molecule has 136 valence electrons. The molecule has 24 heavy (non-hydrogen) atoms.